The van der Waals surface area contributed by atoms with Gasteiger partial charge in [-0.25, -0.2) is 0 Å². The van der Waals surface area contributed by atoms with Crippen LogP contribution in [0.2, 0.25) is 0 Å². The molecule has 0 saturated carbocycles. The lowest BCUT2D eigenvalue weighted by Crippen LogP contribution is -2.11. The maximum Gasteiger partial charge on any atom is 0.442 e. The zero-order valence-electron chi connectivity index (χ0n) is 5.90. The molecule has 4 heteroatoms. The second kappa shape index (κ2) is 3.52. The SMILES string of the molecule is FC(F)(F)S[C@@H]1C=CCCC1. The molecule has 11 heavy (non-hydrogen) atoms. The van der Waals surface area contributed by atoms with Gasteiger partial charge in [-0.05, 0) is 31.0 Å². The molecule has 0 aliphatic heterocycles. The zero-order chi connectivity index (χ0) is 8.32. The van der Waals surface area contributed by atoms with E-state index in [1.807, 2.05) is 6.08 Å². The van der Waals surface area contributed by atoms with Gasteiger partial charge >= 0.3 is 5.51 Å². The maximum atomic E-state index is 11.8. The number of allylic oxidation sites excluding steroid dienone is 1. The van der Waals surface area contributed by atoms with Gasteiger partial charge in [-0.1, -0.05) is 12.2 Å². The van der Waals surface area contributed by atoms with Crippen LogP contribution in [-0.2, 0) is 0 Å². The van der Waals surface area contributed by atoms with Crippen molar-refractivity contribution in [2.45, 2.75) is 30.0 Å². The van der Waals surface area contributed by atoms with E-state index < -0.39 is 5.51 Å². The molecule has 0 saturated heterocycles. The van der Waals surface area contributed by atoms with Crippen molar-refractivity contribution in [3.63, 3.8) is 0 Å². The Kier molecular flexibility index (Phi) is 2.87. The molecule has 1 atom stereocenters. The fraction of sp³-hybridized carbons (Fsp3) is 0.714. The van der Waals surface area contributed by atoms with Gasteiger partial charge in [0.25, 0.3) is 0 Å². The minimum absolute atomic E-state index is 0.0909. The van der Waals surface area contributed by atoms with Crippen molar-refractivity contribution in [3.8, 4) is 0 Å². The Balaban J connectivity index is 2.36. The summed E-state index contributed by atoms with van der Waals surface area (Å²) in [5.41, 5.74) is -4.08. The third kappa shape index (κ3) is 3.70. The summed E-state index contributed by atoms with van der Waals surface area (Å²) in [6, 6.07) is 0. The summed E-state index contributed by atoms with van der Waals surface area (Å²) in [4.78, 5) is 0. The van der Waals surface area contributed by atoms with Gasteiger partial charge in [-0.15, -0.1) is 0 Å². The number of hydrogen-bond acceptors (Lipinski definition) is 1. The highest BCUT2D eigenvalue weighted by Gasteiger charge is 2.32. The van der Waals surface area contributed by atoms with Crippen molar-refractivity contribution in [1.82, 2.24) is 0 Å². The molecule has 1 aliphatic carbocycles. The van der Waals surface area contributed by atoms with Crippen molar-refractivity contribution < 1.29 is 13.2 Å². The number of alkyl halides is 3. The van der Waals surface area contributed by atoms with Crippen molar-refractivity contribution >= 4 is 11.8 Å². The molecule has 0 aromatic heterocycles. The molecule has 0 amide bonds. The molecule has 0 aromatic carbocycles. The Bertz CT molecular complexity index is 150. The standard InChI is InChI=1S/C7H9F3S/c8-7(9,10)11-6-4-2-1-3-5-6/h2,4,6H,1,3,5H2/t6-/m1/s1. The average molecular weight is 182 g/mol. The van der Waals surface area contributed by atoms with Crippen LogP contribution in [0.4, 0.5) is 13.2 Å². The van der Waals surface area contributed by atoms with Crippen LogP contribution in [0.3, 0.4) is 0 Å². The topological polar surface area (TPSA) is 0 Å². The molecule has 0 aromatic rings. The van der Waals surface area contributed by atoms with E-state index in [4.69, 9.17) is 0 Å². The van der Waals surface area contributed by atoms with Gasteiger partial charge in [0.1, 0.15) is 0 Å². The summed E-state index contributed by atoms with van der Waals surface area (Å²) >= 11 is 0.0909. The summed E-state index contributed by atoms with van der Waals surface area (Å²) in [5, 5.41) is -0.344. The van der Waals surface area contributed by atoms with Gasteiger partial charge in [0.15, 0.2) is 0 Å². The van der Waals surface area contributed by atoms with E-state index in [-0.39, 0.29) is 17.0 Å². The third-order valence-corrected chi connectivity index (χ3v) is 2.46. The lowest BCUT2D eigenvalue weighted by Gasteiger charge is -2.16. The first-order valence-corrected chi connectivity index (χ1v) is 4.37. The van der Waals surface area contributed by atoms with Gasteiger partial charge < -0.3 is 0 Å². The van der Waals surface area contributed by atoms with E-state index in [0.29, 0.717) is 6.42 Å². The summed E-state index contributed by atoms with van der Waals surface area (Å²) in [7, 11) is 0. The second-order valence-corrected chi connectivity index (χ2v) is 3.77. The second-order valence-electron chi connectivity index (χ2n) is 2.46. The van der Waals surface area contributed by atoms with Crippen LogP contribution in [0.1, 0.15) is 19.3 Å². The van der Waals surface area contributed by atoms with Crippen LogP contribution < -0.4 is 0 Å². The monoisotopic (exact) mass is 182 g/mol. The van der Waals surface area contributed by atoms with Crippen molar-refractivity contribution in [3.05, 3.63) is 12.2 Å². The molecule has 0 radical (unpaired) electrons. The minimum atomic E-state index is -4.08. The van der Waals surface area contributed by atoms with Crippen LogP contribution in [-0.4, -0.2) is 10.8 Å². The highest BCUT2D eigenvalue weighted by atomic mass is 32.2. The lowest BCUT2D eigenvalue weighted by molar-refractivity contribution is -0.0332. The fourth-order valence-electron chi connectivity index (χ4n) is 1.05. The van der Waals surface area contributed by atoms with Crippen LogP contribution >= 0.6 is 11.8 Å². The van der Waals surface area contributed by atoms with E-state index in [1.54, 1.807) is 6.08 Å². The van der Waals surface area contributed by atoms with Crippen LogP contribution in [0, 0.1) is 0 Å². The van der Waals surface area contributed by atoms with Gasteiger partial charge in [0.05, 0.1) is 0 Å². The molecule has 64 valence electrons. The molecule has 0 spiro atoms. The van der Waals surface area contributed by atoms with Gasteiger partial charge in [0, 0.05) is 5.25 Å². The number of thioether (sulfide) groups is 1. The van der Waals surface area contributed by atoms with E-state index in [9.17, 15) is 13.2 Å². The van der Waals surface area contributed by atoms with Crippen molar-refractivity contribution in [2.75, 3.05) is 0 Å². The summed E-state index contributed by atoms with van der Waals surface area (Å²) in [6.45, 7) is 0. The minimum Gasteiger partial charge on any atom is -0.160 e. The number of hydrogen-bond donors (Lipinski definition) is 0. The average Bonchev–Trinajstić information content (AvgIpc) is 1.85. The van der Waals surface area contributed by atoms with E-state index >= 15 is 0 Å². The largest absolute Gasteiger partial charge is 0.442 e. The van der Waals surface area contributed by atoms with E-state index in [1.165, 1.54) is 0 Å². The Morgan fingerprint density at radius 3 is 2.55 bits per heavy atom. The molecule has 0 fully saturated rings. The smallest absolute Gasteiger partial charge is 0.160 e. The molecular formula is C7H9F3S. The van der Waals surface area contributed by atoms with Gasteiger partial charge in [-0.2, -0.15) is 13.2 Å². The van der Waals surface area contributed by atoms with Gasteiger partial charge in [0.2, 0.25) is 0 Å². The highest BCUT2D eigenvalue weighted by molar-refractivity contribution is 8.00. The Morgan fingerprint density at radius 1 is 1.36 bits per heavy atom. The first-order chi connectivity index (χ1) is 5.08. The molecule has 0 N–H and O–H groups in total. The fourth-order valence-corrected chi connectivity index (χ4v) is 1.87. The quantitative estimate of drug-likeness (QED) is 0.560. The predicted octanol–water partition coefficient (Wildman–Crippen LogP) is 3.35. The first-order valence-electron chi connectivity index (χ1n) is 3.49. The lowest BCUT2D eigenvalue weighted by atomic mass is 10.1. The molecule has 0 heterocycles. The molecular weight excluding hydrogens is 173 g/mol. The highest BCUT2D eigenvalue weighted by Crippen LogP contribution is 2.37. The number of rotatable bonds is 1. The summed E-state index contributed by atoms with van der Waals surface area (Å²) < 4.78 is 35.3. The zero-order valence-corrected chi connectivity index (χ0v) is 6.71. The first kappa shape index (κ1) is 8.97. The van der Waals surface area contributed by atoms with Crippen LogP contribution in [0.25, 0.3) is 0 Å². The Hall–Kier alpha value is -0.120. The van der Waals surface area contributed by atoms with Crippen LogP contribution in [0.15, 0.2) is 12.2 Å². The summed E-state index contributed by atoms with van der Waals surface area (Å²) in [5.74, 6) is 0. The molecule has 0 unspecified atom stereocenters. The van der Waals surface area contributed by atoms with Crippen molar-refractivity contribution in [2.24, 2.45) is 0 Å². The molecule has 0 bridgehead atoms. The van der Waals surface area contributed by atoms with Gasteiger partial charge in [-0.3, -0.25) is 0 Å². The third-order valence-electron chi connectivity index (χ3n) is 1.50. The maximum absolute atomic E-state index is 11.8. The number of halogens is 3. The molecule has 1 aliphatic rings. The van der Waals surface area contributed by atoms with E-state index in [0.717, 1.165) is 12.8 Å². The molecule has 0 nitrogen and oxygen atoms in total. The Morgan fingerprint density at radius 2 is 2.09 bits per heavy atom. The van der Waals surface area contributed by atoms with E-state index in [2.05, 4.69) is 0 Å². The molecule has 1 rings (SSSR count). The van der Waals surface area contributed by atoms with Crippen LogP contribution in [0.5, 0.6) is 0 Å². The van der Waals surface area contributed by atoms with Crippen molar-refractivity contribution in [1.29, 1.82) is 0 Å². The summed E-state index contributed by atoms with van der Waals surface area (Å²) in [6.07, 6.45) is 5.94. The normalized spacial score (nSPS) is 25.5. The predicted molar refractivity (Wildman–Crippen MR) is 40.4 cm³/mol. The Labute approximate surface area is 67.9 Å².